The molecule has 122 valence electrons. The van der Waals surface area contributed by atoms with E-state index in [1.165, 1.54) is 8.61 Å². The molecule has 0 amide bonds. The molecular weight excluding hydrogens is 296 g/mol. The third-order valence-corrected chi connectivity index (χ3v) is 6.64. The van der Waals surface area contributed by atoms with Gasteiger partial charge in [0.1, 0.15) is 0 Å². The number of piperidine rings is 1. The SMILES string of the molecule is CCN(C1COCC1C(=O)O)S(=O)(=O)N1CCCCC1C. The maximum Gasteiger partial charge on any atom is 0.310 e. The number of carbonyl (C=O) groups is 1. The molecule has 2 aliphatic heterocycles. The number of aliphatic carboxylic acids is 1. The molecule has 21 heavy (non-hydrogen) atoms. The topological polar surface area (TPSA) is 87.1 Å². The summed E-state index contributed by atoms with van der Waals surface area (Å²) in [7, 11) is -3.65. The monoisotopic (exact) mass is 320 g/mol. The van der Waals surface area contributed by atoms with Crippen molar-refractivity contribution in [2.75, 3.05) is 26.3 Å². The van der Waals surface area contributed by atoms with Crippen molar-refractivity contribution in [3.05, 3.63) is 0 Å². The van der Waals surface area contributed by atoms with Gasteiger partial charge in [0.2, 0.25) is 0 Å². The number of ether oxygens (including phenoxy) is 1. The summed E-state index contributed by atoms with van der Waals surface area (Å²) in [4.78, 5) is 11.3. The zero-order valence-electron chi connectivity index (χ0n) is 12.6. The molecule has 0 aliphatic carbocycles. The molecule has 0 spiro atoms. The van der Waals surface area contributed by atoms with Crippen molar-refractivity contribution in [3.8, 4) is 0 Å². The fourth-order valence-electron chi connectivity index (χ4n) is 3.18. The molecule has 2 fully saturated rings. The first-order valence-electron chi connectivity index (χ1n) is 7.48. The van der Waals surface area contributed by atoms with Crippen LogP contribution in [0.2, 0.25) is 0 Å². The normalized spacial score (nSPS) is 31.7. The van der Waals surface area contributed by atoms with Gasteiger partial charge in [0.15, 0.2) is 0 Å². The molecule has 7 nitrogen and oxygen atoms in total. The summed E-state index contributed by atoms with van der Waals surface area (Å²) >= 11 is 0. The van der Waals surface area contributed by atoms with Gasteiger partial charge >= 0.3 is 5.97 Å². The van der Waals surface area contributed by atoms with Crippen molar-refractivity contribution in [3.63, 3.8) is 0 Å². The number of hydrogen-bond acceptors (Lipinski definition) is 4. The van der Waals surface area contributed by atoms with Gasteiger partial charge in [-0.1, -0.05) is 13.3 Å². The van der Waals surface area contributed by atoms with Crippen LogP contribution >= 0.6 is 0 Å². The van der Waals surface area contributed by atoms with Gasteiger partial charge in [-0.3, -0.25) is 4.79 Å². The van der Waals surface area contributed by atoms with E-state index in [2.05, 4.69) is 0 Å². The molecule has 3 atom stereocenters. The van der Waals surface area contributed by atoms with E-state index in [1.54, 1.807) is 6.92 Å². The average Bonchev–Trinajstić information content (AvgIpc) is 2.88. The molecule has 0 saturated carbocycles. The zero-order chi connectivity index (χ0) is 15.6. The molecule has 2 saturated heterocycles. The Bertz CT molecular complexity index is 481. The van der Waals surface area contributed by atoms with E-state index >= 15 is 0 Å². The van der Waals surface area contributed by atoms with Crippen molar-refractivity contribution in [1.82, 2.24) is 8.61 Å². The van der Waals surface area contributed by atoms with Crippen molar-refractivity contribution in [2.24, 2.45) is 5.92 Å². The van der Waals surface area contributed by atoms with Crippen molar-refractivity contribution in [1.29, 1.82) is 0 Å². The molecule has 0 aromatic rings. The minimum absolute atomic E-state index is 0.0385. The van der Waals surface area contributed by atoms with Gasteiger partial charge in [-0.05, 0) is 19.8 Å². The van der Waals surface area contributed by atoms with Crippen LogP contribution in [-0.2, 0) is 19.7 Å². The van der Waals surface area contributed by atoms with Gasteiger partial charge in [0, 0.05) is 19.1 Å². The Morgan fingerprint density at radius 1 is 1.38 bits per heavy atom. The second kappa shape index (κ2) is 6.60. The fraction of sp³-hybridized carbons (Fsp3) is 0.923. The summed E-state index contributed by atoms with van der Waals surface area (Å²) in [6, 6.07) is -0.657. The van der Waals surface area contributed by atoms with Crippen molar-refractivity contribution in [2.45, 2.75) is 45.2 Å². The maximum absolute atomic E-state index is 12.9. The highest BCUT2D eigenvalue weighted by Gasteiger charge is 2.45. The molecule has 1 N–H and O–H groups in total. The maximum atomic E-state index is 12.9. The van der Waals surface area contributed by atoms with Crippen LogP contribution in [0.3, 0.4) is 0 Å². The van der Waals surface area contributed by atoms with Gasteiger partial charge in [-0.2, -0.15) is 17.0 Å². The first-order chi connectivity index (χ1) is 9.89. The Morgan fingerprint density at radius 2 is 2.10 bits per heavy atom. The van der Waals surface area contributed by atoms with Crippen LogP contribution < -0.4 is 0 Å². The van der Waals surface area contributed by atoms with Crippen LogP contribution in [0.4, 0.5) is 0 Å². The van der Waals surface area contributed by atoms with Crippen molar-refractivity contribution >= 4 is 16.2 Å². The molecule has 3 unspecified atom stereocenters. The summed E-state index contributed by atoms with van der Waals surface area (Å²) in [5.41, 5.74) is 0. The Morgan fingerprint density at radius 3 is 2.67 bits per heavy atom. The van der Waals surface area contributed by atoms with Crippen LogP contribution in [0, 0.1) is 5.92 Å². The van der Waals surface area contributed by atoms with Gasteiger partial charge < -0.3 is 9.84 Å². The van der Waals surface area contributed by atoms with E-state index in [1.807, 2.05) is 6.92 Å². The average molecular weight is 320 g/mol. The van der Waals surface area contributed by atoms with Crippen LogP contribution in [0.15, 0.2) is 0 Å². The first kappa shape index (κ1) is 16.7. The largest absolute Gasteiger partial charge is 0.481 e. The summed E-state index contributed by atoms with van der Waals surface area (Å²) in [5.74, 6) is -1.79. The first-order valence-corrected chi connectivity index (χ1v) is 8.88. The predicted octanol–water partition coefficient (Wildman–Crippen LogP) is 0.527. The van der Waals surface area contributed by atoms with Crippen LogP contribution in [0.5, 0.6) is 0 Å². The molecule has 2 rings (SSSR count). The molecule has 0 bridgehead atoms. The standard InChI is InChI=1S/C13H24N2O5S/c1-3-14(12-9-20-8-11(12)13(16)17)21(18,19)15-7-5-4-6-10(15)2/h10-12H,3-9H2,1-2H3,(H,16,17). The lowest BCUT2D eigenvalue weighted by Gasteiger charge is -2.38. The van der Waals surface area contributed by atoms with Gasteiger partial charge in [0.05, 0.1) is 25.2 Å². The lowest BCUT2D eigenvalue weighted by atomic mass is 10.0. The highest BCUT2D eigenvalue weighted by Crippen LogP contribution is 2.28. The zero-order valence-corrected chi connectivity index (χ0v) is 13.4. The third kappa shape index (κ3) is 3.23. The third-order valence-electron chi connectivity index (χ3n) is 4.38. The summed E-state index contributed by atoms with van der Waals surface area (Å²) in [6.45, 7) is 4.62. The quantitative estimate of drug-likeness (QED) is 0.798. The molecule has 2 aliphatic rings. The Balaban J connectivity index is 2.24. The number of rotatable bonds is 5. The second-order valence-electron chi connectivity index (χ2n) is 5.72. The minimum Gasteiger partial charge on any atom is -0.481 e. The lowest BCUT2D eigenvalue weighted by Crippen LogP contribution is -2.55. The Kier molecular flexibility index (Phi) is 5.24. The van der Waals surface area contributed by atoms with E-state index in [0.717, 1.165) is 19.3 Å². The number of likely N-dealkylation sites (N-methyl/N-ethyl adjacent to an activating group) is 1. The number of hydrogen-bond donors (Lipinski definition) is 1. The minimum atomic E-state index is -3.65. The van der Waals surface area contributed by atoms with E-state index in [4.69, 9.17) is 4.74 Å². The number of carboxylic acids is 1. The van der Waals surface area contributed by atoms with E-state index < -0.39 is 28.1 Å². The second-order valence-corrected chi connectivity index (χ2v) is 7.55. The molecule has 0 aromatic heterocycles. The summed E-state index contributed by atoms with van der Waals surface area (Å²) in [5, 5.41) is 9.24. The van der Waals surface area contributed by atoms with Crippen LogP contribution in [-0.4, -0.2) is 66.5 Å². The highest BCUT2D eigenvalue weighted by atomic mass is 32.2. The van der Waals surface area contributed by atoms with Gasteiger partial charge in [-0.25, -0.2) is 0 Å². The lowest BCUT2D eigenvalue weighted by molar-refractivity contribution is -0.142. The molecule has 8 heteroatoms. The van der Waals surface area contributed by atoms with Crippen LogP contribution in [0.25, 0.3) is 0 Å². The van der Waals surface area contributed by atoms with Gasteiger partial charge in [0.25, 0.3) is 10.2 Å². The highest BCUT2D eigenvalue weighted by molar-refractivity contribution is 7.86. The Labute approximate surface area is 126 Å². The van der Waals surface area contributed by atoms with E-state index in [-0.39, 0.29) is 25.8 Å². The number of carboxylic acid groups (broad SMARTS) is 1. The summed E-state index contributed by atoms with van der Waals surface area (Å²) < 4.78 is 33.8. The predicted molar refractivity (Wildman–Crippen MR) is 77.1 cm³/mol. The molecule has 2 heterocycles. The fourth-order valence-corrected chi connectivity index (χ4v) is 5.25. The molecular formula is C13H24N2O5S. The van der Waals surface area contributed by atoms with Crippen LogP contribution in [0.1, 0.15) is 33.1 Å². The summed E-state index contributed by atoms with van der Waals surface area (Å²) in [6.07, 6.45) is 2.73. The van der Waals surface area contributed by atoms with E-state index in [0.29, 0.717) is 6.54 Å². The number of nitrogens with zero attached hydrogens (tertiary/aromatic N) is 2. The molecule has 0 aromatic carbocycles. The van der Waals surface area contributed by atoms with Gasteiger partial charge in [-0.15, -0.1) is 0 Å². The molecule has 0 radical (unpaired) electrons. The Hall–Kier alpha value is -0.700. The van der Waals surface area contributed by atoms with E-state index in [9.17, 15) is 18.3 Å². The smallest absolute Gasteiger partial charge is 0.310 e. The van der Waals surface area contributed by atoms with Crippen molar-refractivity contribution < 1.29 is 23.1 Å².